The molecule has 1 unspecified atom stereocenters. The van der Waals surface area contributed by atoms with Crippen molar-refractivity contribution in [1.29, 1.82) is 0 Å². The van der Waals surface area contributed by atoms with Gasteiger partial charge in [0.1, 0.15) is 0 Å². The maximum Gasteiger partial charge on any atom is -0.0181 e. The van der Waals surface area contributed by atoms with Gasteiger partial charge >= 0.3 is 0 Å². The van der Waals surface area contributed by atoms with Gasteiger partial charge < -0.3 is 0 Å². The number of rotatable bonds is 8. The Bertz CT molecular complexity index is 250. The Balaban J connectivity index is 2.09. The fourth-order valence-corrected chi connectivity index (χ4v) is 2.11. The van der Waals surface area contributed by atoms with Gasteiger partial charge in [0.05, 0.1) is 0 Å². The quantitative estimate of drug-likeness (QED) is 0.515. The van der Waals surface area contributed by atoms with Crippen LogP contribution in [0.1, 0.15) is 70.3 Å². The highest BCUT2D eigenvalue weighted by Gasteiger charge is 2.03. The molecule has 1 atom stereocenters. The van der Waals surface area contributed by atoms with Crippen molar-refractivity contribution in [3.63, 3.8) is 0 Å². The summed E-state index contributed by atoms with van der Waals surface area (Å²) in [6, 6.07) is 11.6. The van der Waals surface area contributed by atoms with E-state index >= 15 is 0 Å². The first-order valence-electron chi connectivity index (χ1n) is 6.80. The summed E-state index contributed by atoms with van der Waals surface area (Å²) in [4.78, 5) is 0. The van der Waals surface area contributed by atoms with E-state index in [2.05, 4.69) is 38.1 Å². The van der Waals surface area contributed by atoms with Crippen molar-refractivity contribution in [3.05, 3.63) is 35.9 Å². The first kappa shape index (κ1) is 13.3. The molecule has 0 N–H and O–H groups in total. The largest absolute Gasteiger partial charge is 0.0654 e. The molecular weight excluding hydrogens is 192 g/mol. The fourth-order valence-electron chi connectivity index (χ4n) is 2.11. The van der Waals surface area contributed by atoms with E-state index in [1.807, 2.05) is 6.07 Å². The first-order valence-corrected chi connectivity index (χ1v) is 6.80. The van der Waals surface area contributed by atoms with Gasteiger partial charge in [-0.2, -0.15) is 0 Å². The Morgan fingerprint density at radius 2 is 1.88 bits per heavy atom. The molecule has 0 bridgehead atoms. The van der Waals surface area contributed by atoms with Crippen LogP contribution >= 0.6 is 0 Å². The van der Waals surface area contributed by atoms with Gasteiger partial charge in [0.25, 0.3) is 0 Å². The number of unbranched alkanes of at least 4 members (excludes halogenated alkanes) is 5. The lowest BCUT2D eigenvalue weighted by Crippen LogP contribution is -1.93. The van der Waals surface area contributed by atoms with E-state index in [4.69, 9.17) is 0 Å². The summed E-state index contributed by atoms with van der Waals surface area (Å²) in [5, 5.41) is 0. The lowest BCUT2D eigenvalue weighted by Gasteiger charge is -2.11. The average Bonchev–Trinajstić information content (AvgIpc) is 2.34. The Morgan fingerprint density at radius 1 is 1.12 bits per heavy atom. The van der Waals surface area contributed by atoms with Crippen LogP contribution < -0.4 is 0 Å². The van der Waals surface area contributed by atoms with Crippen LogP contribution in [0.2, 0.25) is 0 Å². The van der Waals surface area contributed by atoms with Crippen molar-refractivity contribution in [2.24, 2.45) is 0 Å². The van der Waals surface area contributed by atoms with Crippen molar-refractivity contribution in [1.82, 2.24) is 0 Å². The minimum Gasteiger partial charge on any atom is -0.0654 e. The highest BCUT2D eigenvalue weighted by molar-refractivity contribution is 5.17. The van der Waals surface area contributed by atoms with Crippen LogP contribution in [-0.4, -0.2) is 0 Å². The monoisotopic (exact) mass is 217 g/mol. The van der Waals surface area contributed by atoms with E-state index in [0.29, 0.717) is 5.92 Å². The second-order valence-electron chi connectivity index (χ2n) is 4.79. The van der Waals surface area contributed by atoms with Crippen LogP contribution in [0.4, 0.5) is 0 Å². The van der Waals surface area contributed by atoms with Crippen molar-refractivity contribution in [3.8, 4) is 0 Å². The summed E-state index contributed by atoms with van der Waals surface area (Å²) < 4.78 is 0. The molecule has 16 heavy (non-hydrogen) atoms. The summed E-state index contributed by atoms with van der Waals surface area (Å²) >= 11 is 0. The molecule has 0 nitrogen and oxygen atoms in total. The van der Waals surface area contributed by atoms with Gasteiger partial charge in [0.2, 0.25) is 0 Å². The van der Waals surface area contributed by atoms with E-state index in [0.717, 1.165) is 0 Å². The molecule has 0 heteroatoms. The molecule has 0 fully saturated rings. The molecule has 0 aromatic heterocycles. The molecule has 0 aliphatic heterocycles. The van der Waals surface area contributed by atoms with Gasteiger partial charge in [0, 0.05) is 0 Å². The third-order valence-corrected chi connectivity index (χ3v) is 3.29. The summed E-state index contributed by atoms with van der Waals surface area (Å²) in [6.45, 7) is 4.60. The predicted octanol–water partition coefficient (Wildman–Crippen LogP) is 5.34. The molecule has 1 aromatic carbocycles. The Kier molecular flexibility index (Phi) is 6.96. The molecule has 1 aromatic rings. The van der Waals surface area contributed by atoms with Gasteiger partial charge in [-0.1, -0.05) is 76.6 Å². The third-order valence-electron chi connectivity index (χ3n) is 3.29. The second kappa shape index (κ2) is 8.38. The average molecular weight is 217 g/mol. The standard InChI is InChI=1S/C16H25/c1-3-4-5-6-7-9-12-15(2)16-13-10-8-11-14-16/h8,10,13-15H,3-7,9,12H2,1-2H3. The minimum absolute atomic E-state index is 0.698. The molecule has 1 radical (unpaired) electrons. The molecule has 0 amide bonds. The highest BCUT2D eigenvalue weighted by Crippen LogP contribution is 2.21. The fraction of sp³-hybridized carbons (Fsp3) is 0.625. The zero-order chi connectivity index (χ0) is 11.6. The Labute approximate surface area is 101 Å². The van der Waals surface area contributed by atoms with Crippen LogP contribution in [-0.2, 0) is 0 Å². The first-order chi connectivity index (χ1) is 7.84. The van der Waals surface area contributed by atoms with Gasteiger partial charge in [-0.3, -0.25) is 0 Å². The van der Waals surface area contributed by atoms with Gasteiger partial charge in [-0.15, -0.1) is 0 Å². The van der Waals surface area contributed by atoms with E-state index < -0.39 is 0 Å². The smallest absolute Gasteiger partial charge is 0.0181 e. The van der Waals surface area contributed by atoms with Crippen LogP contribution in [0.15, 0.2) is 24.3 Å². The SMILES string of the molecule is CCCCCCCCC(C)c1c[c]ccc1. The molecule has 0 aliphatic rings. The van der Waals surface area contributed by atoms with Crippen LogP contribution in [0.5, 0.6) is 0 Å². The van der Waals surface area contributed by atoms with E-state index in [1.54, 1.807) is 0 Å². The van der Waals surface area contributed by atoms with E-state index in [-0.39, 0.29) is 0 Å². The Hall–Kier alpha value is -0.780. The third kappa shape index (κ3) is 5.34. The molecule has 0 spiro atoms. The zero-order valence-corrected chi connectivity index (χ0v) is 10.8. The summed E-state index contributed by atoms with van der Waals surface area (Å²) in [7, 11) is 0. The minimum atomic E-state index is 0.698. The van der Waals surface area contributed by atoms with Crippen molar-refractivity contribution in [2.45, 2.75) is 64.7 Å². The van der Waals surface area contributed by atoms with Gasteiger partial charge in [-0.05, 0) is 24.0 Å². The lowest BCUT2D eigenvalue weighted by atomic mass is 9.95. The second-order valence-corrected chi connectivity index (χ2v) is 4.79. The van der Waals surface area contributed by atoms with Crippen LogP contribution in [0.3, 0.4) is 0 Å². The van der Waals surface area contributed by atoms with Gasteiger partial charge in [-0.25, -0.2) is 0 Å². The summed E-state index contributed by atoms with van der Waals surface area (Å²) in [5.41, 5.74) is 1.44. The van der Waals surface area contributed by atoms with Crippen molar-refractivity contribution >= 4 is 0 Å². The number of benzene rings is 1. The molecule has 1 rings (SSSR count). The molecule has 0 aliphatic carbocycles. The van der Waals surface area contributed by atoms with E-state index in [9.17, 15) is 0 Å². The predicted molar refractivity (Wildman–Crippen MR) is 71.7 cm³/mol. The molecule has 0 heterocycles. The zero-order valence-electron chi connectivity index (χ0n) is 10.8. The topological polar surface area (TPSA) is 0 Å². The molecule has 0 saturated heterocycles. The van der Waals surface area contributed by atoms with Gasteiger partial charge in [0.15, 0.2) is 0 Å². The normalized spacial score (nSPS) is 12.6. The van der Waals surface area contributed by atoms with Crippen molar-refractivity contribution < 1.29 is 0 Å². The molecular formula is C16H25. The highest BCUT2D eigenvalue weighted by atomic mass is 14.1. The lowest BCUT2D eigenvalue weighted by molar-refractivity contribution is 0.557. The number of hydrogen-bond donors (Lipinski definition) is 0. The van der Waals surface area contributed by atoms with E-state index in [1.165, 1.54) is 50.5 Å². The van der Waals surface area contributed by atoms with Crippen LogP contribution in [0, 0.1) is 6.07 Å². The number of hydrogen-bond acceptors (Lipinski definition) is 0. The van der Waals surface area contributed by atoms with Crippen LogP contribution in [0.25, 0.3) is 0 Å². The molecule has 0 saturated carbocycles. The maximum absolute atomic E-state index is 3.16. The summed E-state index contributed by atoms with van der Waals surface area (Å²) in [5.74, 6) is 0.698. The maximum atomic E-state index is 3.16. The molecule has 89 valence electrons. The van der Waals surface area contributed by atoms with Crippen molar-refractivity contribution in [2.75, 3.05) is 0 Å². The summed E-state index contributed by atoms with van der Waals surface area (Å²) in [6.07, 6.45) is 9.69. The Morgan fingerprint density at radius 3 is 2.56 bits per heavy atom.